The summed E-state index contributed by atoms with van der Waals surface area (Å²) < 4.78 is 0. The van der Waals surface area contributed by atoms with Gasteiger partial charge in [-0.05, 0) is 29.7 Å². The molecule has 1 aromatic rings. The Bertz CT molecular complexity index is 338. The van der Waals surface area contributed by atoms with Crippen molar-refractivity contribution in [3.05, 3.63) is 40.9 Å². The molecule has 1 aliphatic heterocycles. The molecule has 2 rings (SSSR count). The van der Waals surface area contributed by atoms with Crippen LogP contribution < -0.4 is 4.90 Å². The van der Waals surface area contributed by atoms with Crippen molar-refractivity contribution in [2.24, 2.45) is 0 Å². The highest BCUT2D eigenvalue weighted by molar-refractivity contribution is 8.03. The quantitative estimate of drug-likeness (QED) is 0.841. The first-order chi connectivity index (χ1) is 6.81. The number of hydrogen-bond acceptors (Lipinski definition) is 3. The van der Waals surface area contributed by atoms with Gasteiger partial charge in [-0.1, -0.05) is 11.6 Å². The third-order valence-electron chi connectivity index (χ3n) is 2.05. The predicted molar refractivity (Wildman–Crippen MR) is 61.5 cm³/mol. The third kappa shape index (κ3) is 1.90. The molecule has 0 aromatic heterocycles. The first kappa shape index (κ1) is 9.90. The van der Waals surface area contributed by atoms with Crippen LogP contribution in [0.1, 0.15) is 0 Å². The average molecular weight is 228 g/mol. The molecule has 74 valence electrons. The Hall–Kier alpha value is -0.640. The van der Waals surface area contributed by atoms with Crippen LogP contribution in [0.4, 0.5) is 5.69 Å². The predicted octanol–water partition coefficient (Wildman–Crippen LogP) is 2.68. The number of anilines is 1. The zero-order valence-corrected chi connectivity index (χ0v) is 9.00. The molecule has 0 aliphatic carbocycles. The smallest absolute Gasteiger partial charge is 0.106 e. The Labute approximate surface area is 92.2 Å². The molecule has 2 nitrogen and oxygen atoms in total. The van der Waals surface area contributed by atoms with Crippen LogP contribution in [-0.2, 0) is 0 Å². The molecule has 0 amide bonds. The van der Waals surface area contributed by atoms with Crippen LogP contribution in [-0.4, -0.2) is 17.1 Å². The molecule has 0 bridgehead atoms. The van der Waals surface area contributed by atoms with Crippen LogP contribution in [0.5, 0.6) is 0 Å². The van der Waals surface area contributed by atoms with Gasteiger partial charge in [-0.15, -0.1) is 11.8 Å². The standard InChI is InChI=1S/C10H10ClNOS/c11-8-1-3-9(4-2-8)12-5-6-14-10(12)7-13/h1-6,10,13H,7H2. The highest BCUT2D eigenvalue weighted by Gasteiger charge is 2.19. The summed E-state index contributed by atoms with van der Waals surface area (Å²) in [5.74, 6) is 0. The van der Waals surface area contributed by atoms with E-state index in [2.05, 4.69) is 0 Å². The van der Waals surface area contributed by atoms with E-state index in [0.717, 1.165) is 10.7 Å². The van der Waals surface area contributed by atoms with E-state index in [4.69, 9.17) is 16.7 Å². The lowest BCUT2D eigenvalue weighted by atomic mass is 10.3. The summed E-state index contributed by atoms with van der Waals surface area (Å²) in [6.45, 7) is 0.139. The van der Waals surface area contributed by atoms with Crippen molar-refractivity contribution >= 4 is 29.1 Å². The van der Waals surface area contributed by atoms with Gasteiger partial charge in [0.25, 0.3) is 0 Å². The van der Waals surface area contributed by atoms with Gasteiger partial charge in [-0.2, -0.15) is 0 Å². The molecular formula is C10H10ClNOS. The number of aliphatic hydroxyl groups excluding tert-OH is 1. The van der Waals surface area contributed by atoms with E-state index in [1.54, 1.807) is 11.8 Å². The molecule has 14 heavy (non-hydrogen) atoms. The van der Waals surface area contributed by atoms with Crippen LogP contribution in [0.3, 0.4) is 0 Å². The Morgan fingerprint density at radius 2 is 2.07 bits per heavy atom. The van der Waals surface area contributed by atoms with Gasteiger partial charge >= 0.3 is 0 Å². The van der Waals surface area contributed by atoms with Gasteiger partial charge in [0.05, 0.1) is 6.61 Å². The number of rotatable bonds is 2. The Morgan fingerprint density at radius 1 is 1.36 bits per heavy atom. The zero-order chi connectivity index (χ0) is 9.97. The number of nitrogens with zero attached hydrogens (tertiary/aromatic N) is 1. The maximum absolute atomic E-state index is 9.12. The van der Waals surface area contributed by atoms with Crippen LogP contribution in [0, 0.1) is 0 Å². The summed E-state index contributed by atoms with van der Waals surface area (Å²) in [7, 11) is 0. The lowest BCUT2D eigenvalue weighted by Gasteiger charge is -2.22. The largest absolute Gasteiger partial charge is 0.393 e. The highest BCUT2D eigenvalue weighted by atomic mass is 35.5. The maximum Gasteiger partial charge on any atom is 0.106 e. The van der Waals surface area contributed by atoms with Gasteiger partial charge in [0.2, 0.25) is 0 Å². The second-order valence-corrected chi connectivity index (χ2v) is 4.47. The van der Waals surface area contributed by atoms with Crippen LogP contribution in [0.2, 0.25) is 5.02 Å². The van der Waals surface area contributed by atoms with E-state index < -0.39 is 0 Å². The monoisotopic (exact) mass is 227 g/mol. The summed E-state index contributed by atoms with van der Waals surface area (Å²) in [5.41, 5.74) is 1.05. The normalized spacial score (nSPS) is 20.4. The minimum Gasteiger partial charge on any atom is -0.393 e. The van der Waals surface area contributed by atoms with Crippen LogP contribution in [0.25, 0.3) is 0 Å². The number of aliphatic hydroxyl groups is 1. The first-order valence-electron chi connectivity index (χ1n) is 4.28. The zero-order valence-electron chi connectivity index (χ0n) is 7.43. The Morgan fingerprint density at radius 3 is 2.71 bits per heavy atom. The fourth-order valence-corrected chi connectivity index (χ4v) is 2.27. The summed E-state index contributed by atoms with van der Waals surface area (Å²) in [4.78, 5) is 2.03. The average Bonchev–Trinajstić information content (AvgIpc) is 2.67. The molecule has 1 atom stereocenters. The fraction of sp³-hybridized carbons (Fsp3) is 0.200. The SMILES string of the molecule is OCC1SC=CN1c1ccc(Cl)cc1. The molecule has 1 aromatic carbocycles. The van der Waals surface area contributed by atoms with Crippen molar-refractivity contribution in [3.63, 3.8) is 0 Å². The fourth-order valence-electron chi connectivity index (χ4n) is 1.35. The van der Waals surface area contributed by atoms with Crippen molar-refractivity contribution in [2.75, 3.05) is 11.5 Å². The van der Waals surface area contributed by atoms with Gasteiger partial charge < -0.3 is 10.0 Å². The lowest BCUT2D eigenvalue weighted by molar-refractivity contribution is 0.296. The molecular weight excluding hydrogens is 218 g/mol. The topological polar surface area (TPSA) is 23.5 Å². The first-order valence-corrected chi connectivity index (χ1v) is 5.60. The minimum atomic E-state index is 0.0937. The molecule has 4 heteroatoms. The van der Waals surface area contributed by atoms with E-state index in [1.807, 2.05) is 40.8 Å². The van der Waals surface area contributed by atoms with Crippen molar-refractivity contribution in [1.29, 1.82) is 0 Å². The van der Waals surface area contributed by atoms with E-state index in [1.165, 1.54) is 0 Å². The number of halogens is 1. The number of hydrogen-bond donors (Lipinski definition) is 1. The molecule has 0 radical (unpaired) electrons. The molecule has 1 aliphatic rings. The van der Waals surface area contributed by atoms with Crippen LogP contribution >= 0.6 is 23.4 Å². The van der Waals surface area contributed by atoms with Gasteiger partial charge in [0.15, 0.2) is 0 Å². The molecule has 1 N–H and O–H groups in total. The maximum atomic E-state index is 9.12. The van der Waals surface area contributed by atoms with E-state index in [-0.39, 0.29) is 12.0 Å². The van der Waals surface area contributed by atoms with Gasteiger partial charge in [0, 0.05) is 16.9 Å². The van der Waals surface area contributed by atoms with E-state index in [9.17, 15) is 0 Å². The molecule has 0 saturated carbocycles. The van der Waals surface area contributed by atoms with Gasteiger partial charge in [0.1, 0.15) is 5.37 Å². The van der Waals surface area contributed by atoms with Gasteiger partial charge in [-0.3, -0.25) is 0 Å². The lowest BCUT2D eigenvalue weighted by Crippen LogP contribution is -2.27. The molecule has 0 fully saturated rings. The van der Waals surface area contributed by atoms with Crippen molar-refractivity contribution < 1.29 is 5.11 Å². The van der Waals surface area contributed by atoms with E-state index in [0.29, 0.717) is 0 Å². The molecule has 0 spiro atoms. The van der Waals surface area contributed by atoms with E-state index >= 15 is 0 Å². The van der Waals surface area contributed by atoms with Gasteiger partial charge in [-0.25, -0.2) is 0 Å². The summed E-state index contributed by atoms with van der Waals surface area (Å²) >= 11 is 7.41. The second kappa shape index (κ2) is 4.26. The summed E-state index contributed by atoms with van der Waals surface area (Å²) in [6, 6.07) is 7.59. The number of benzene rings is 1. The minimum absolute atomic E-state index is 0.0937. The summed E-state index contributed by atoms with van der Waals surface area (Å²) in [5, 5.41) is 11.9. The van der Waals surface area contributed by atoms with Crippen molar-refractivity contribution in [1.82, 2.24) is 0 Å². The Balaban J connectivity index is 2.22. The Kier molecular flexibility index (Phi) is 3.01. The van der Waals surface area contributed by atoms with Crippen LogP contribution in [0.15, 0.2) is 35.9 Å². The van der Waals surface area contributed by atoms with Crippen molar-refractivity contribution in [3.8, 4) is 0 Å². The highest BCUT2D eigenvalue weighted by Crippen LogP contribution is 2.30. The van der Waals surface area contributed by atoms with Crippen molar-refractivity contribution in [2.45, 2.75) is 5.37 Å². The molecule has 1 unspecified atom stereocenters. The summed E-state index contributed by atoms with van der Waals surface area (Å²) in [6.07, 6.45) is 1.97. The molecule has 0 saturated heterocycles. The molecule has 1 heterocycles. The third-order valence-corrected chi connectivity index (χ3v) is 3.27. The number of thioether (sulfide) groups is 1. The second-order valence-electron chi connectivity index (χ2n) is 2.94.